The second-order valence-electron chi connectivity index (χ2n) is 2.86. The number of hydrogen-bond acceptors (Lipinski definition) is 2. The molecular weight excluding hydrogens is 188 g/mol. The van der Waals surface area contributed by atoms with Crippen LogP contribution in [0.2, 0.25) is 0 Å². The molecule has 2 aromatic carbocycles. The first-order valence-electron chi connectivity index (χ1n) is 6.90. The van der Waals surface area contributed by atoms with Crippen molar-refractivity contribution in [3.05, 3.63) is 60.0 Å². The van der Waals surface area contributed by atoms with Gasteiger partial charge in [-0.1, -0.05) is 30.3 Å². The van der Waals surface area contributed by atoms with Gasteiger partial charge in [-0.05, 0) is 29.8 Å². The number of hydrogen-bond donors (Lipinski definition) is 1. The highest BCUT2D eigenvalue weighted by molar-refractivity contribution is 5.33. The molecule has 1 N–H and O–H groups in total. The van der Waals surface area contributed by atoms with Crippen molar-refractivity contribution in [2.24, 2.45) is 0 Å². The van der Waals surface area contributed by atoms with Crippen molar-refractivity contribution in [2.45, 2.75) is 6.61 Å². The van der Waals surface area contributed by atoms with Gasteiger partial charge < -0.3 is 9.84 Å². The highest BCUT2D eigenvalue weighted by Crippen LogP contribution is 2.21. The molecule has 0 fully saturated rings. The number of benzene rings is 2. The Balaban J connectivity index is 2.48. The quantitative estimate of drug-likeness (QED) is 0.834. The van der Waals surface area contributed by atoms with E-state index in [0.717, 1.165) is 0 Å². The highest BCUT2D eigenvalue weighted by atomic mass is 16.5. The Kier molecular flexibility index (Phi) is 1.64. The summed E-state index contributed by atoms with van der Waals surface area (Å²) in [5.41, 5.74) is 0.606. The number of aliphatic hydroxyl groups is 1. The van der Waals surface area contributed by atoms with E-state index in [2.05, 4.69) is 0 Å². The Morgan fingerprint density at radius 2 is 1.93 bits per heavy atom. The van der Waals surface area contributed by atoms with Crippen molar-refractivity contribution >= 4 is 0 Å². The summed E-state index contributed by atoms with van der Waals surface area (Å²) in [6.45, 7) is -0.169. The number of aliphatic hydroxyl groups excluding tert-OH is 1. The zero-order chi connectivity index (χ0) is 14.9. The van der Waals surface area contributed by atoms with E-state index in [0.29, 0.717) is 11.3 Å². The number of ether oxygens (including phenoxy) is 1. The molecule has 0 saturated heterocycles. The molecule has 0 aliphatic heterocycles. The molecule has 0 amide bonds. The first-order chi connectivity index (χ1) is 9.45. The summed E-state index contributed by atoms with van der Waals surface area (Å²) in [7, 11) is 0. The maximum absolute atomic E-state index is 9.05. The average molecular weight is 205 g/mol. The second kappa shape index (κ2) is 4.62. The van der Waals surface area contributed by atoms with Crippen LogP contribution in [0.4, 0.5) is 0 Å². The topological polar surface area (TPSA) is 29.5 Å². The third-order valence-electron chi connectivity index (χ3n) is 1.78. The lowest BCUT2D eigenvalue weighted by Gasteiger charge is -2.06. The normalized spacial score (nSPS) is 14.6. The number of para-hydroxylation sites is 1. The van der Waals surface area contributed by atoms with Crippen LogP contribution in [0, 0.1) is 0 Å². The van der Waals surface area contributed by atoms with Gasteiger partial charge >= 0.3 is 0 Å². The van der Waals surface area contributed by atoms with E-state index in [9.17, 15) is 0 Å². The van der Waals surface area contributed by atoms with E-state index in [1.54, 1.807) is 24.3 Å². The molecule has 0 aromatic heterocycles. The van der Waals surface area contributed by atoms with Crippen LogP contribution in [-0.2, 0) is 6.61 Å². The monoisotopic (exact) mass is 205 g/mol. The van der Waals surface area contributed by atoms with Crippen LogP contribution in [0.3, 0.4) is 0 Å². The Bertz CT molecular complexity index is 628. The standard InChI is InChI=1S/C13H12O2/c14-10-11-5-4-8-13(9-11)15-12-6-2-1-3-7-12/h1-9,14H,10H2/i1D,2D,3D,6D,7D. The van der Waals surface area contributed by atoms with Crippen molar-refractivity contribution in [3.63, 3.8) is 0 Å². The predicted molar refractivity (Wildman–Crippen MR) is 58.9 cm³/mol. The van der Waals surface area contributed by atoms with Crippen molar-refractivity contribution in [3.8, 4) is 11.5 Å². The lowest BCUT2D eigenvalue weighted by molar-refractivity contribution is 0.281. The molecule has 0 atom stereocenters. The molecule has 2 aromatic rings. The molecule has 0 aliphatic rings. The minimum absolute atomic E-state index is 0.169. The molecule has 0 aliphatic carbocycles. The fraction of sp³-hybridized carbons (Fsp3) is 0.0769. The molecule has 0 radical (unpaired) electrons. The molecule has 2 nitrogen and oxygen atoms in total. The molecule has 0 spiro atoms. The zero-order valence-corrected chi connectivity index (χ0v) is 7.87. The van der Waals surface area contributed by atoms with Gasteiger partial charge in [-0.25, -0.2) is 0 Å². The van der Waals surface area contributed by atoms with Gasteiger partial charge in [0.05, 0.1) is 13.5 Å². The predicted octanol–water partition coefficient (Wildman–Crippen LogP) is 2.97. The van der Waals surface area contributed by atoms with Gasteiger partial charge in [-0.2, -0.15) is 0 Å². The summed E-state index contributed by atoms with van der Waals surface area (Å²) >= 11 is 0. The summed E-state index contributed by atoms with van der Waals surface area (Å²) in [5.74, 6) is 0.0705. The van der Waals surface area contributed by atoms with E-state index in [1.165, 1.54) is 0 Å². The van der Waals surface area contributed by atoms with Crippen LogP contribution in [0.1, 0.15) is 12.4 Å². The Hall–Kier alpha value is -1.80. The first-order valence-corrected chi connectivity index (χ1v) is 4.40. The lowest BCUT2D eigenvalue weighted by atomic mass is 10.2. The molecule has 2 rings (SSSR count). The lowest BCUT2D eigenvalue weighted by Crippen LogP contribution is -1.86. The first kappa shape index (κ1) is 5.33. The third-order valence-corrected chi connectivity index (χ3v) is 1.78. The Morgan fingerprint density at radius 3 is 2.67 bits per heavy atom. The van der Waals surface area contributed by atoms with E-state index < -0.39 is 30.2 Å². The van der Waals surface area contributed by atoms with E-state index in [1.807, 2.05) is 0 Å². The number of rotatable bonds is 3. The SMILES string of the molecule is [2H]c1c([2H])c([2H])c(Oc2cccc(CO)c2)c([2H])c1[2H]. The maximum Gasteiger partial charge on any atom is 0.127 e. The highest BCUT2D eigenvalue weighted by Gasteiger charge is 1.97. The molecule has 15 heavy (non-hydrogen) atoms. The van der Waals surface area contributed by atoms with Crippen molar-refractivity contribution in [1.82, 2.24) is 0 Å². The van der Waals surface area contributed by atoms with Crippen LogP contribution < -0.4 is 4.74 Å². The van der Waals surface area contributed by atoms with Gasteiger partial charge in [0, 0.05) is 0 Å². The van der Waals surface area contributed by atoms with Crippen molar-refractivity contribution in [2.75, 3.05) is 0 Å². The molecule has 2 heteroatoms. The van der Waals surface area contributed by atoms with Crippen molar-refractivity contribution in [1.29, 1.82) is 0 Å². The van der Waals surface area contributed by atoms with Gasteiger partial charge in [-0.15, -0.1) is 0 Å². The van der Waals surface area contributed by atoms with E-state index >= 15 is 0 Å². The summed E-state index contributed by atoms with van der Waals surface area (Å²) in [5, 5.41) is 9.05. The smallest absolute Gasteiger partial charge is 0.127 e. The van der Waals surface area contributed by atoms with E-state index in [4.69, 9.17) is 16.7 Å². The molecule has 0 saturated carbocycles. The molecule has 0 unspecified atom stereocenters. The summed E-state index contributed by atoms with van der Waals surface area (Å²) in [6.07, 6.45) is 0. The molecule has 0 bridgehead atoms. The minimum Gasteiger partial charge on any atom is -0.457 e. The molecule has 0 heterocycles. The summed E-state index contributed by atoms with van der Waals surface area (Å²) < 4.78 is 43.5. The van der Waals surface area contributed by atoms with Crippen LogP contribution in [0.25, 0.3) is 0 Å². The second-order valence-corrected chi connectivity index (χ2v) is 2.86. The average Bonchev–Trinajstić information content (AvgIpc) is 2.48. The van der Waals surface area contributed by atoms with Gasteiger partial charge in [0.2, 0.25) is 0 Å². The Morgan fingerprint density at radius 1 is 1.13 bits per heavy atom. The van der Waals surface area contributed by atoms with Gasteiger partial charge in [0.1, 0.15) is 11.5 Å². The van der Waals surface area contributed by atoms with Gasteiger partial charge in [0.15, 0.2) is 0 Å². The summed E-state index contributed by atoms with van der Waals surface area (Å²) in [6, 6.07) is 4.32. The van der Waals surface area contributed by atoms with Crippen LogP contribution >= 0.6 is 0 Å². The van der Waals surface area contributed by atoms with E-state index in [-0.39, 0.29) is 12.4 Å². The van der Waals surface area contributed by atoms with Crippen LogP contribution in [-0.4, -0.2) is 5.11 Å². The molecule has 76 valence electrons. The Labute approximate surface area is 95.8 Å². The zero-order valence-electron chi connectivity index (χ0n) is 12.9. The fourth-order valence-electron chi connectivity index (χ4n) is 1.11. The van der Waals surface area contributed by atoms with Crippen LogP contribution in [0.5, 0.6) is 11.5 Å². The van der Waals surface area contributed by atoms with Crippen LogP contribution in [0.15, 0.2) is 54.5 Å². The minimum atomic E-state index is -0.462. The maximum atomic E-state index is 9.05. The largest absolute Gasteiger partial charge is 0.457 e. The van der Waals surface area contributed by atoms with Gasteiger partial charge in [0.25, 0.3) is 0 Å². The summed E-state index contributed by atoms with van der Waals surface area (Å²) in [4.78, 5) is 0. The fourth-order valence-corrected chi connectivity index (χ4v) is 1.11. The third kappa shape index (κ3) is 2.58. The molecular formula is C13H12O2. The van der Waals surface area contributed by atoms with Crippen molar-refractivity contribution < 1.29 is 16.7 Å². The van der Waals surface area contributed by atoms with Gasteiger partial charge in [-0.3, -0.25) is 0 Å².